The summed E-state index contributed by atoms with van der Waals surface area (Å²) in [4.78, 5) is 0. The molecule has 1 nitrogen and oxygen atoms in total. The summed E-state index contributed by atoms with van der Waals surface area (Å²) in [6, 6.07) is 0. The first-order valence-electron chi connectivity index (χ1n) is 2.27. The van der Waals surface area contributed by atoms with Crippen LogP contribution < -0.4 is 0 Å². The molecule has 0 amide bonds. The number of thioether (sulfide) groups is 1. The molecule has 50 valence electrons. The number of nitrogens with zero attached hydrogens (tertiary/aromatic N) is 1. The molecule has 0 fully saturated rings. The van der Waals surface area contributed by atoms with Gasteiger partial charge in [-0.25, -0.2) is 3.11 Å². The highest BCUT2D eigenvalue weighted by molar-refractivity contribution is 14.1. The monoisotopic (exact) mass is 357 g/mol. The average Bonchev–Trinajstić information content (AvgIpc) is 1.83. The Balaban J connectivity index is 2.86. The summed E-state index contributed by atoms with van der Waals surface area (Å²) in [6.07, 6.45) is 2.14. The minimum atomic E-state index is 1.12. The van der Waals surface area contributed by atoms with E-state index in [-0.39, 0.29) is 0 Å². The zero-order chi connectivity index (χ0) is 6.41. The molecule has 0 unspecified atom stereocenters. The van der Waals surface area contributed by atoms with E-state index in [9.17, 15) is 0 Å². The van der Waals surface area contributed by atoms with Crippen LogP contribution in [0.3, 0.4) is 0 Å². The molecule has 0 N–H and O–H groups in total. The average molecular weight is 357 g/mol. The van der Waals surface area contributed by atoms with Gasteiger partial charge in [-0.2, -0.15) is 11.8 Å². The topological polar surface area (TPSA) is 3.24 Å². The van der Waals surface area contributed by atoms with Crippen molar-refractivity contribution >= 4 is 57.2 Å². The molecule has 0 saturated heterocycles. The molecular weight excluding hydrogens is 348 g/mol. The summed E-state index contributed by atoms with van der Waals surface area (Å²) < 4.78 is 3.40. The van der Waals surface area contributed by atoms with Crippen molar-refractivity contribution < 1.29 is 0 Å². The van der Waals surface area contributed by atoms with Crippen LogP contribution in [-0.4, -0.2) is 26.2 Å². The second kappa shape index (κ2) is 6.88. The molecule has 0 bridgehead atoms. The van der Waals surface area contributed by atoms with Crippen LogP contribution in [0.5, 0.6) is 0 Å². The Morgan fingerprint density at radius 1 is 1.62 bits per heavy atom. The minimum Gasteiger partial charge on any atom is -0.237 e. The standard InChI is InChI=1S/C4H9I2NS/c1-8-3-2-7(6)4-5/h2-4H2,1H3. The SMILES string of the molecule is CSCCN(I)CI. The van der Waals surface area contributed by atoms with Gasteiger partial charge in [0.05, 0.1) is 4.55 Å². The Labute approximate surface area is 82.6 Å². The van der Waals surface area contributed by atoms with E-state index in [0.29, 0.717) is 0 Å². The van der Waals surface area contributed by atoms with E-state index < -0.39 is 0 Å². The minimum absolute atomic E-state index is 1.12. The van der Waals surface area contributed by atoms with E-state index >= 15 is 0 Å². The van der Waals surface area contributed by atoms with Crippen LogP contribution in [0, 0.1) is 0 Å². The van der Waals surface area contributed by atoms with Gasteiger partial charge in [-0.15, -0.1) is 0 Å². The maximum atomic E-state index is 2.36. The van der Waals surface area contributed by atoms with Crippen molar-refractivity contribution in [1.29, 1.82) is 0 Å². The van der Waals surface area contributed by atoms with Crippen molar-refractivity contribution in [3.8, 4) is 0 Å². The third kappa shape index (κ3) is 5.90. The third-order valence-corrected chi connectivity index (χ3v) is 4.21. The van der Waals surface area contributed by atoms with Crippen LogP contribution >= 0.6 is 57.2 Å². The highest BCUT2D eigenvalue weighted by Gasteiger charge is 1.92. The molecule has 0 atom stereocenters. The van der Waals surface area contributed by atoms with Gasteiger partial charge in [0.1, 0.15) is 0 Å². The van der Waals surface area contributed by atoms with E-state index in [4.69, 9.17) is 0 Å². The quantitative estimate of drug-likeness (QED) is 0.329. The molecule has 0 spiro atoms. The van der Waals surface area contributed by atoms with Crippen LogP contribution in [0.15, 0.2) is 0 Å². The molecule has 0 aliphatic rings. The molecule has 0 rings (SSSR count). The highest BCUT2D eigenvalue weighted by Crippen LogP contribution is 2.03. The fourth-order valence-corrected chi connectivity index (χ4v) is 1.56. The van der Waals surface area contributed by atoms with E-state index in [0.717, 1.165) is 4.55 Å². The van der Waals surface area contributed by atoms with Crippen molar-refractivity contribution in [2.75, 3.05) is 23.1 Å². The van der Waals surface area contributed by atoms with Gasteiger partial charge in [-0.3, -0.25) is 0 Å². The van der Waals surface area contributed by atoms with Crippen LogP contribution in [-0.2, 0) is 0 Å². The van der Waals surface area contributed by atoms with Crippen molar-refractivity contribution in [3.05, 3.63) is 0 Å². The summed E-state index contributed by atoms with van der Waals surface area (Å²) in [7, 11) is 0. The lowest BCUT2D eigenvalue weighted by molar-refractivity contribution is 0.646. The van der Waals surface area contributed by atoms with Crippen LogP contribution in [0.4, 0.5) is 0 Å². The van der Waals surface area contributed by atoms with Gasteiger partial charge in [0.2, 0.25) is 0 Å². The van der Waals surface area contributed by atoms with Gasteiger partial charge >= 0.3 is 0 Å². The van der Waals surface area contributed by atoms with Gasteiger partial charge in [-0.05, 0) is 6.26 Å². The molecule has 0 aliphatic heterocycles. The molecule has 0 aromatic heterocycles. The first-order valence-corrected chi connectivity index (χ1v) is 6.15. The lowest BCUT2D eigenvalue weighted by atomic mass is 10.8. The fraction of sp³-hybridized carbons (Fsp3) is 1.00. The summed E-state index contributed by atoms with van der Waals surface area (Å²) in [5.74, 6) is 1.24. The van der Waals surface area contributed by atoms with Crippen LogP contribution in [0.1, 0.15) is 0 Å². The van der Waals surface area contributed by atoms with E-state index in [1.54, 1.807) is 0 Å². The number of halogens is 2. The fourth-order valence-electron chi connectivity index (χ4n) is 0.250. The molecule has 0 aromatic carbocycles. The summed E-state index contributed by atoms with van der Waals surface area (Å²) >= 11 is 6.60. The maximum Gasteiger partial charge on any atom is 0.0600 e. The lowest BCUT2D eigenvalue weighted by Gasteiger charge is -2.07. The van der Waals surface area contributed by atoms with Gasteiger partial charge in [-0.1, -0.05) is 22.6 Å². The second-order valence-corrected chi connectivity index (χ2v) is 4.33. The Hall–Kier alpha value is 1.77. The van der Waals surface area contributed by atoms with Crippen molar-refractivity contribution in [2.24, 2.45) is 0 Å². The van der Waals surface area contributed by atoms with E-state index in [1.807, 2.05) is 11.8 Å². The van der Waals surface area contributed by atoms with Gasteiger partial charge in [0, 0.05) is 35.2 Å². The Bertz CT molecular complexity index is 53.3. The molecule has 8 heavy (non-hydrogen) atoms. The number of hydrogen-bond donors (Lipinski definition) is 0. The molecule has 0 aliphatic carbocycles. The smallest absolute Gasteiger partial charge is 0.0600 e. The molecule has 0 saturated carbocycles. The molecule has 0 aromatic rings. The zero-order valence-electron chi connectivity index (χ0n) is 4.73. The van der Waals surface area contributed by atoms with Crippen molar-refractivity contribution in [3.63, 3.8) is 0 Å². The summed E-state index contributed by atoms with van der Waals surface area (Å²) in [6.45, 7) is 1.20. The predicted molar refractivity (Wildman–Crippen MR) is 58.0 cm³/mol. The Morgan fingerprint density at radius 2 is 2.25 bits per heavy atom. The largest absolute Gasteiger partial charge is 0.237 e. The molecule has 0 heterocycles. The van der Waals surface area contributed by atoms with Crippen LogP contribution in [0.25, 0.3) is 0 Å². The second-order valence-electron chi connectivity index (χ2n) is 1.30. The molecular formula is C4H9I2NS. The van der Waals surface area contributed by atoms with Crippen LogP contribution in [0.2, 0.25) is 0 Å². The van der Waals surface area contributed by atoms with Gasteiger partial charge in [0.15, 0.2) is 0 Å². The predicted octanol–water partition coefficient (Wildman–Crippen LogP) is 2.39. The lowest BCUT2D eigenvalue weighted by Crippen LogP contribution is -2.11. The number of alkyl halides is 1. The first kappa shape index (κ1) is 9.77. The van der Waals surface area contributed by atoms with E-state index in [2.05, 4.69) is 54.8 Å². The number of hydrogen-bond acceptors (Lipinski definition) is 2. The van der Waals surface area contributed by atoms with Crippen molar-refractivity contribution in [2.45, 2.75) is 0 Å². The maximum absolute atomic E-state index is 2.36. The molecule has 0 radical (unpaired) electrons. The zero-order valence-corrected chi connectivity index (χ0v) is 9.86. The van der Waals surface area contributed by atoms with Gasteiger partial charge < -0.3 is 0 Å². The van der Waals surface area contributed by atoms with E-state index in [1.165, 1.54) is 12.3 Å². The van der Waals surface area contributed by atoms with Gasteiger partial charge in [0.25, 0.3) is 0 Å². The Morgan fingerprint density at radius 3 is 2.62 bits per heavy atom. The normalized spacial score (nSPS) is 10.5. The summed E-state index contributed by atoms with van der Waals surface area (Å²) in [5.41, 5.74) is 0. The number of rotatable bonds is 4. The third-order valence-electron chi connectivity index (χ3n) is 0.668. The summed E-state index contributed by atoms with van der Waals surface area (Å²) in [5, 5.41) is 0. The molecule has 4 heteroatoms. The Kier molecular flexibility index (Phi) is 8.41. The highest BCUT2D eigenvalue weighted by atomic mass is 127. The first-order chi connectivity index (χ1) is 3.81. The van der Waals surface area contributed by atoms with Crippen molar-refractivity contribution in [1.82, 2.24) is 3.11 Å².